The highest BCUT2D eigenvalue weighted by Gasteiger charge is 2.07. The molecule has 2 amide bonds. The molecule has 3 N–H and O–H groups in total. The number of benzene rings is 1. The van der Waals surface area contributed by atoms with Crippen LogP contribution in [0.2, 0.25) is 0 Å². The predicted octanol–water partition coefficient (Wildman–Crippen LogP) is 0.480. The third-order valence-electron chi connectivity index (χ3n) is 2.92. The molecule has 1 aromatic rings. The van der Waals surface area contributed by atoms with Crippen molar-refractivity contribution in [3.8, 4) is 0 Å². The lowest BCUT2D eigenvalue weighted by Crippen LogP contribution is -2.39. The third-order valence-corrected chi connectivity index (χ3v) is 2.92. The fourth-order valence-electron chi connectivity index (χ4n) is 1.70. The molecule has 0 aliphatic heterocycles. The van der Waals surface area contributed by atoms with Gasteiger partial charge >= 0.3 is 0 Å². The zero-order valence-corrected chi connectivity index (χ0v) is 11.8. The molecular weight excluding hydrogens is 256 g/mol. The molecule has 0 fully saturated rings. The minimum atomic E-state index is -0.212. The maximum atomic E-state index is 11.6. The fraction of sp³-hybridized carbons (Fsp3) is 0.467. The Morgan fingerprint density at radius 1 is 1.15 bits per heavy atom. The summed E-state index contributed by atoms with van der Waals surface area (Å²) < 4.78 is 0. The number of carbonyl (C=O) groups excluding carboxylic acids is 2. The number of amides is 2. The fourth-order valence-corrected chi connectivity index (χ4v) is 1.70. The molecule has 5 nitrogen and oxygen atoms in total. The molecule has 0 aromatic heterocycles. The Morgan fingerprint density at radius 2 is 1.85 bits per heavy atom. The largest absolute Gasteiger partial charge is 0.396 e. The standard InChI is InChI=1S/C15H22N2O3/c1-12(7-8-18)10-16-15(20)11-17-14(19)9-13-5-3-2-4-6-13/h2-6,12,18H,7-11H2,1H3,(H,16,20)(H,17,19). The van der Waals surface area contributed by atoms with Crippen molar-refractivity contribution in [3.63, 3.8) is 0 Å². The Balaban J connectivity index is 2.19. The summed E-state index contributed by atoms with van der Waals surface area (Å²) in [7, 11) is 0. The number of rotatable bonds is 8. The van der Waals surface area contributed by atoms with Gasteiger partial charge in [-0.05, 0) is 17.9 Å². The van der Waals surface area contributed by atoms with E-state index in [1.54, 1.807) is 0 Å². The van der Waals surface area contributed by atoms with Gasteiger partial charge in [0.05, 0.1) is 13.0 Å². The maximum absolute atomic E-state index is 11.6. The number of aliphatic hydroxyl groups is 1. The smallest absolute Gasteiger partial charge is 0.239 e. The highest BCUT2D eigenvalue weighted by Crippen LogP contribution is 1.99. The molecule has 0 radical (unpaired) electrons. The van der Waals surface area contributed by atoms with E-state index in [1.807, 2.05) is 37.3 Å². The van der Waals surface area contributed by atoms with E-state index >= 15 is 0 Å². The minimum Gasteiger partial charge on any atom is -0.396 e. The number of hydrogen-bond donors (Lipinski definition) is 3. The quantitative estimate of drug-likeness (QED) is 0.647. The molecule has 1 rings (SSSR count). The van der Waals surface area contributed by atoms with Crippen LogP contribution < -0.4 is 10.6 Å². The molecule has 0 heterocycles. The van der Waals surface area contributed by atoms with Crippen LogP contribution in [0.1, 0.15) is 18.9 Å². The van der Waals surface area contributed by atoms with Crippen LogP contribution in [0, 0.1) is 5.92 Å². The van der Waals surface area contributed by atoms with Gasteiger partial charge in [-0.25, -0.2) is 0 Å². The first kappa shape index (κ1) is 16.2. The van der Waals surface area contributed by atoms with Crippen LogP contribution in [0.4, 0.5) is 0 Å². The SMILES string of the molecule is CC(CCO)CNC(=O)CNC(=O)Cc1ccccc1. The van der Waals surface area contributed by atoms with Crippen molar-refractivity contribution < 1.29 is 14.7 Å². The maximum Gasteiger partial charge on any atom is 0.239 e. The van der Waals surface area contributed by atoms with Gasteiger partial charge in [-0.3, -0.25) is 9.59 Å². The van der Waals surface area contributed by atoms with Crippen LogP contribution in [0.5, 0.6) is 0 Å². The van der Waals surface area contributed by atoms with Crippen molar-refractivity contribution >= 4 is 11.8 Å². The second kappa shape index (κ2) is 9.09. The molecule has 5 heteroatoms. The minimum absolute atomic E-state index is 0.0164. The molecule has 0 aliphatic carbocycles. The summed E-state index contributed by atoms with van der Waals surface area (Å²) in [6.45, 7) is 2.56. The van der Waals surface area contributed by atoms with Crippen molar-refractivity contribution in [2.75, 3.05) is 19.7 Å². The number of nitrogens with one attached hydrogen (secondary N) is 2. The lowest BCUT2D eigenvalue weighted by atomic mass is 10.1. The first-order valence-corrected chi connectivity index (χ1v) is 6.80. The van der Waals surface area contributed by atoms with E-state index in [2.05, 4.69) is 10.6 Å². The summed E-state index contributed by atoms with van der Waals surface area (Å²) in [5.74, 6) is -0.157. The van der Waals surface area contributed by atoms with Gasteiger partial charge in [-0.15, -0.1) is 0 Å². The number of aliphatic hydroxyl groups excluding tert-OH is 1. The van der Waals surface area contributed by atoms with Gasteiger partial charge in [-0.1, -0.05) is 37.3 Å². The normalized spacial score (nSPS) is 11.7. The van der Waals surface area contributed by atoms with E-state index in [-0.39, 0.29) is 37.3 Å². The van der Waals surface area contributed by atoms with Gasteiger partial charge in [0, 0.05) is 13.2 Å². The molecule has 20 heavy (non-hydrogen) atoms. The van der Waals surface area contributed by atoms with Crippen molar-refractivity contribution in [1.29, 1.82) is 0 Å². The molecule has 1 unspecified atom stereocenters. The average molecular weight is 278 g/mol. The Kier molecular flexibility index (Phi) is 7.35. The Bertz CT molecular complexity index is 420. The lowest BCUT2D eigenvalue weighted by Gasteiger charge is -2.11. The van der Waals surface area contributed by atoms with Crippen LogP contribution in [0.25, 0.3) is 0 Å². The van der Waals surface area contributed by atoms with Crippen molar-refractivity contribution in [2.24, 2.45) is 5.92 Å². The van der Waals surface area contributed by atoms with Gasteiger partial charge in [0.15, 0.2) is 0 Å². The highest BCUT2D eigenvalue weighted by atomic mass is 16.3. The summed E-state index contributed by atoms with van der Waals surface area (Å²) in [5.41, 5.74) is 0.918. The Labute approximate surface area is 119 Å². The van der Waals surface area contributed by atoms with Crippen molar-refractivity contribution in [2.45, 2.75) is 19.8 Å². The molecule has 1 atom stereocenters. The van der Waals surface area contributed by atoms with Gasteiger partial charge in [-0.2, -0.15) is 0 Å². The molecular formula is C15H22N2O3. The molecule has 0 saturated heterocycles. The van der Waals surface area contributed by atoms with Crippen molar-refractivity contribution in [1.82, 2.24) is 10.6 Å². The molecule has 110 valence electrons. The number of carbonyl (C=O) groups is 2. The average Bonchev–Trinajstić information content (AvgIpc) is 2.44. The molecule has 0 saturated carbocycles. The van der Waals surface area contributed by atoms with Crippen LogP contribution in [0.15, 0.2) is 30.3 Å². The first-order valence-electron chi connectivity index (χ1n) is 6.80. The van der Waals surface area contributed by atoms with E-state index in [0.717, 1.165) is 5.56 Å². The van der Waals surface area contributed by atoms with Crippen molar-refractivity contribution in [3.05, 3.63) is 35.9 Å². The lowest BCUT2D eigenvalue weighted by molar-refractivity contribution is -0.125. The zero-order chi connectivity index (χ0) is 14.8. The second-order valence-corrected chi connectivity index (χ2v) is 4.86. The van der Waals surface area contributed by atoms with E-state index in [0.29, 0.717) is 13.0 Å². The molecule has 0 spiro atoms. The van der Waals surface area contributed by atoms with Crippen LogP contribution in [-0.4, -0.2) is 36.6 Å². The molecule has 0 aliphatic rings. The topological polar surface area (TPSA) is 78.4 Å². The van der Waals surface area contributed by atoms with E-state index in [1.165, 1.54) is 0 Å². The summed E-state index contributed by atoms with van der Waals surface area (Å²) in [5, 5.41) is 14.1. The van der Waals surface area contributed by atoms with Gasteiger partial charge in [0.25, 0.3) is 0 Å². The highest BCUT2D eigenvalue weighted by molar-refractivity contribution is 5.85. The predicted molar refractivity (Wildman–Crippen MR) is 77.0 cm³/mol. The van der Waals surface area contributed by atoms with E-state index in [9.17, 15) is 9.59 Å². The Morgan fingerprint density at radius 3 is 2.50 bits per heavy atom. The van der Waals surface area contributed by atoms with Crippen LogP contribution in [-0.2, 0) is 16.0 Å². The summed E-state index contributed by atoms with van der Waals surface area (Å²) in [6, 6.07) is 9.38. The molecule has 0 bridgehead atoms. The summed E-state index contributed by atoms with van der Waals surface area (Å²) >= 11 is 0. The van der Waals surface area contributed by atoms with Crippen LogP contribution in [0.3, 0.4) is 0 Å². The van der Waals surface area contributed by atoms with Gasteiger partial charge < -0.3 is 15.7 Å². The second-order valence-electron chi connectivity index (χ2n) is 4.86. The van der Waals surface area contributed by atoms with E-state index < -0.39 is 0 Å². The zero-order valence-electron chi connectivity index (χ0n) is 11.8. The number of hydrogen-bond acceptors (Lipinski definition) is 3. The van der Waals surface area contributed by atoms with Gasteiger partial charge in [0.1, 0.15) is 0 Å². The van der Waals surface area contributed by atoms with Gasteiger partial charge in [0.2, 0.25) is 11.8 Å². The molecule has 1 aromatic carbocycles. The van der Waals surface area contributed by atoms with E-state index in [4.69, 9.17) is 5.11 Å². The van der Waals surface area contributed by atoms with Crippen LogP contribution >= 0.6 is 0 Å². The first-order chi connectivity index (χ1) is 9.61. The monoisotopic (exact) mass is 278 g/mol. The third kappa shape index (κ3) is 6.89. The Hall–Kier alpha value is -1.88. The summed E-state index contributed by atoms with van der Waals surface area (Å²) in [6.07, 6.45) is 0.926. The summed E-state index contributed by atoms with van der Waals surface area (Å²) in [4.78, 5) is 23.2.